The van der Waals surface area contributed by atoms with Gasteiger partial charge in [-0.15, -0.1) is 0 Å². The highest BCUT2D eigenvalue weighted by atomic mass is 35.5. The monoisotopic (exact) mass is 312 g/mol. The average molecular weight is 313 g/mol. The smallest absolute Gasteiger partial charge is 0.243 e. The SMILES string of the molecule is O=S(=O)(NCCc1ccc(O)cc1)c1cnccc1Cl. The van der Waals surface area contributed by atoms with E-state index in [4.69, 9.17) is 16.7 Å². The van der Waals surface area contributed by atoms with Gasteiger partial charge in [0.15, 0.2) is 0 Å². The van der Waals surface area contributed by atoms with E-state index < -0.39 is 10.0 Å². The van der Waals surface area contributed by atoms with E-state index in [0.29, 0.717) is 6.42 Å². The molecule has 0 saturated carbocycles. The Bertz CT molecular complexity index is 687. The molecule has 0 aliphatic rings. The van der Waals surface area contributed by atoms with E-state index in [0.717, 1.165) is 5.56 Å². The topological polar surface area (TPSA) is 79.3 Å². The Morgan fingerprint density at radius 2 is 1.90 bits per heavy atom. The zero-order valence-electron chi connectivity index (χ0n) is 10.5. The van der Waals surface area contributed by atoms with Crippen LogP contribution in [0, 0.1) is 0 Å². The lowest BCUT2D eigenvalue weighted by molar-refractivity contribution is 0.475. The summed E-state index contributed by atoms with van der Waals surface area (Å²) in [5.74, 6) is 0.177. The molecular weight excluding hydrogens is 300 g/mol. The van der Waals surface area contributed by atoms with Gasteiger partial charge in [0.05, 0.1) is 5.02 Å². The molecule has 7 heteroatoms. The van der Waals surface area contributed by atoms with Crippen molar-refractivity contribution in [2.75, 3.05) is 6.54 Å². The second-order valence-corrected chi connectivity index (χ2v) is 6.26. The van der Waals surface area contributed by atoms with Gasteiger partial charge in [-0.3, -0.25) is 4.98 Å². The minimum Gasteiger partial charge on any atom is -0.508 e. The zero-order chi connectivity index (χ0) is 14.6. The van der Waals surface area contributed by atoms with Gasteiger partial charge < -0.3 is 5.11 Å². The molecule has 0 unspecified atom stereocenters. The van der Waals surface area contributed by atoms with Crippen molar-refractivity contribution < 1.29 is 13.5 Å². The predicted octanol–water partition coefficient (Wildman–Crippen LogP) is 1.96. The van der Waals surface area contributed by atoms with Crippen molar-refractivity contribution in [1.29, 1.82) is 0 Å². The minimum atomic E-state index is -3.66. The third-order valence-corrected chi connectivity index (χ3v) is 4.60. The second-order valence-electron chi connectivity index (χ2n) is 4.12. The summed E-state index contributed by atoms with van der Waals surface area (Å²) in [4.78, 5) is 3.72. The maximum absolute atomic E-state index is 12.0. The molecule has 0 spiro atoms. The van der Waals surface area contributed by atoms with Crippen LogP contribution in [0.1, 0.15) is 5.56 Å². The first-order valence-corrected chi connectivity index (χ1v) is 7.72. The number of aromatic hydroxyl groups is 1. The molecule has 2 rings (SSSR count). The van der Waals surface area contributed by atoms with Crippen LogP contribution >= 0.6 is 11.6 Å². The zero-order valence-corrected chi connectivity index (χ0v) is 12.0. The van der Waals surface area contributed by atoms with E-state index in [-0.39, 0.29) is 22.2 Å². The van der Waals surface area contributed by atoms with Gasteiger partial charge in [0.25, 0.3) is 0 Å². The summed E-state index contributed by atoms with van der Waals surface area (Å²) < 4.78 is 26.5. The number of benzene rings is 1. The molecule has 2 aromatic rings. The van der Waals surface area contributed by atoms with Gasteiger partial charge in [0.2, 0.25) is 10.0 Å². The number of phenolic OH excluding ortho intramolecular Hbond substituents is 1. The molecule has 0 radical (unpaired) electrons. The molecule has 0 aliphatic carbocycles. The highest BCUT2D eigenvalue weighted by molar-refractivity contribution is 7.89. The van der Waals surface area contributed by atoms with Crippen LogP contribution in [0.4, 0.5) is 0 Å². The van der Waals surface area contributed by atoms with Gasteiger partial charge >= 0.3 is 0 Å². The van der Waals surface area contributed by atoms with Crippen LogP contribution in [0.3, 0.4) is 0 Å². The highest BCUT2D eigenvalue weighted by Gasteiger charge is 2.17. The number of hydrogen-bond donors (Lipinski definition) is 2. The number of nitrogens with one attached hydrogen (secondary N) is 1. The lowest BCUT2D eigenvalue weighted by atomic mass is 10.1. The fraction of sp³-hybridized carbons (Fsp3) is 0.154. The normalized spacial score (nSPS) is 11.4. The van der Waals surface area contributed by atoms with Crippen LogP contribution in [0.15, 0.2) is 47.6 Å². The molecular formula is C13H13ClN2O3S. The summed E-state index contributed by atoms with van der Waals surface area (Å²) >= 11 is 5.84. The molecule has 5 nitrogen and oxygen atoms in total. The first-order valence-electron chi connectivity index (χ1n) is 5.86. The Morgan fingerprint density at radius 3 is 2.55 bits per heavy atom. The van der Waals surface area contributed by atoms with Crippen molar-refractivity contribution >= 4 is 21.6 Å². The maximum Gasteiger partial charge on any atom is 0.243 e. The third-order valence-electron chi connectivity index (χ3n) is 2.67. The van der Waals surface area contributed by atoms with Gasteiger partial charge in [-0.2, -0.15) is 0 Å². The molecule has 0 fully saturated rings. The number of nitrogens with zero attached hydrogens (tertiary/aromatic N) is 1. The molecule has 0 aliphatic heterocycles. The average Bonchev–Trinajstić information content (AvgIpc) is 2.41. The van der Waals surface area contributed by atoms with Crippen molar-refractivity contribution in [2.45, 2.75) is 11.3 Å². The maximum atomic E-state index is 12.0. The van der Waals surface area contributed by atoms with Gasteiger partial charge in [0, 0.05) is 18.9 Å². The van der Waals surface area contributed by atoms with E-state index in [1.165, 1.54) is 18.5 Å². The summed E-state index contributed by atoms with van der Waals surface area (Å²) in [5.41, 5.74) is 0.919. The fourth-order valence-electron chi connectivity index (χ4n) is 1.63. The standard InChI is InChI=1S/C13H13ClN2O3S/c14-12-6-7-15-9-13(12)20(18,19)16-8-5-10-1-3-11(17)4-2-10/h1-4,6-7,9,16-17H,5,8H2. The summed E-state index contributed by atoms with van der Waals surface area (Å²) in [7, 11) is -3.66. The number of phenols is 1. The number of sulfonamides is 1. The third kappa shape index (κ3) is 3.69. The number of rotatable bonds is 5. The van der Waals surface area contributed by atoms with E-state index in [1.807, 2.05) is 0 Å². The summed E-state index contributed by atoms with van der Waals surface area (Å²) in [6, 6.07) is 8.01. The Labute approximate surface area is 122 Å². The van der Waals surface area contributed by atoms with Gasteiger partial charge in [-0.05, 0) is 30.2 Å². The van der Waals surface area contributed by atoms with Gasteiger partial charge in [-0.1, -0.05) is 23.7 Å². The molecule has 1 heterocycles. The van der Waals surface area contributed by atoms with E-state index in [1.54, 1.807) is 24.3 Å². The van der Waals surface area contributed by atoms with Gasteiger partial charge in [0.1, 0.15) is 10.6 Å². The molecule has 1 aromatic carbocycles. The van der Waals surface area contributed by atoms with Crippen LogP contribution in [-0.2, 0) is 16.4 Å². The Kier molecular flexibility index (Phi) is 4.59. The van der Waals surface area contributed by atoms with Crippen LogP contribution in [0.25, 0.3) is 0 Å². The quantitative estimate of drug-likeness (QED) is 0.884. The highest BCUT2D eigenvalue weighted by Crippen LogP contribution is 2.18. The Hall–Kier alpha value is -1.63. The number of hydrogen-bond acceptors (Lipinski definition) is 4. The molecule has 0 amide bonds. The molecule has 2 N–H and O–H groups in total. The van der Waals surface area contributed by atoms with E-state index >= 15 is 0 Å². The minimum absolute atomic E-state index is 0.0348. The molecule has 20 heavy (non-hydrogen) atoms. The van der Waals surface area contributed by atoms with E-state index in [2.05, 4.69) is 9.71 Å². The van der Waals surface area contributed by atoms with Crippen molar-refractivity contribution in [3.8, 4) is 5.75 Å². The first-order chi connectivity index (χ1) is 9.49. The first kappa shape index (κ1) is 14.8. The van der Waals surface area contributed by atoms with Crippen molar-refractivity contribution in [1.82, 2.24) is 9.71 Å². The Morgan fingerprint density at radius 1 is 1.20 bits per heavy atom. The van der Waals surface area contributed by atoms with Crippen LogP contribution in [-0.4, -0.2) is 25.1 Å². The van der Waals surface area contributed by atoms with Crippen LogP contribution in [0.5, 0.6) is 5.75 Å². The summed E-state index contributed by atoms with van der Waals surface area (Å²) in [6.45, 7) is 0.234. The van der Waals surface area contributed by atoms with Crippen molar-refractivity contribution in [2.24, 2.45) is 0 Å². The van der Waals surface area contributed by atoms with Gasteiger partial charge in [-0.25, -0.2) is 13.1 Å². The fourth-order valence-corrected chi connectivity index (χ4v) is 3.09. The van der Waals surface area contributed by atoms with Crippen molar-refractivity contribution in [3.05, 3.63) is 53.3 Å². The number of halogens is 1. The van der Waals surface area contributed by atoms with E-state index in [9.17, 15) is 8.42 Å². The van der Waals surface area contributed by atoms with Crippen LogP contribution in [0.2, 0.25) is 5.02 Å². The molecule has 0 saturated heterocycles. The number of aromatic nitrogens is 1. The second kappa shape index (κ2) is 6.21. The van der Waals surface area contributed by atoms with Crippen molar-refractivity contribution in [3.63, 3.8) is 0 Å². The van der Waals surface area contributed by atoms with Crippen LogP contribution < -0.4 is 4.72 Å². The lowest BCUT2D eigenvalue weighted by Gasteiger charge is -2.07. The molecule has 106 valence electrons. The summed E-state index contributed by atoms with van der Waals surface area (Å²) in [6.07, 6.45) is 3.15. The molecule has 0 atom stereocenters. The Balaban J connectivity index is 2.00. The number of pyridine rings is 1. The molecule has 1 aromatic heterocycles. The summed E-state index contributed by atoms with van der Waals surface area (Å²) in [5, 5.41) is 9.29. The largest absolute Gasteiger partial charge is 0.508 e. The lowest BCUT2D eigenvalue weighted by Crippen LogP contribution is -2.26. The predicted molar refractivity (Wildman–Crippen MR) is 76.2 cm³/mol. The molecule has 0 bridgehead atoms.